The van der Waals surface area contributed by atoms with E-state index in [1.165, 1.54) is 122 Å². The number of unbranched alkanes of at least 4 members (excludes halogenated alkanes) is 28. The second kappa shape index (κ2) is 49.6. The number of ether oxygens (including phenoxy) is 1. The topological polar surface area (TPSA) is 95.9 Å². The molecule has 0 aromatic rings. The quantitative estimate of drug-likeness (QED) is 0.0322. The fourth-order valence-corrected chi connectivity index (χ4v) is 7.83. The Morgan fingerprint density at radius 3 is 1.26 bits per heavy atom. The van der Waals surface area contributed by atoms with Crippen molar-refractivity contribution in [2.24, 2.45) is 0 Å². The van der Waals surface area contributed by atoms with Crippen LogP contribution in [-0.4, -0.2) is 46.9 Å². The van der Waals surface area contributed by atoms with Gasteiger partial charge >= 0.3 is 5.97 Å². The van der Waals surface area contributed by atoms with Crippen molar-refractivity contribution in [1.29, 1.82) is 0 Å². The van der Waals surface area contributed by atoms with E-state index in [4.69, 9.17) is 4.74 Å². The molecule has 6 heteroatoms. The number of esters is 1. The van der Waals surface area contributed by atoms with Gasteiger partial charge in [0.25, 0.3) is 0 Å². The molecule has 0 aromatic carbocycles. The summed E-state index contributed by atoms with van der Waals surface area (Å²) in [6.45, 7) is 6.44. The third-order valence-electron chi connectivity index (χ3n) is 11.9. The van der Waals surface area contributed by atoms with Gasteiger partial charge in [-0.15, -0.1) is 0 Å². The summed E-state index contributed by atoms with van der Waals surface area (Å²) in [4.78, 5) is 26.1. The molecule has 0 rings (SSSR count). The highest BCUT2D eigenvalue weighted by molar-refractivity contribution is 5.77. The van der Waals surface area contributed by atoms with Crippen molar-refractivity contribution >= 4 is 11.9 Å². The molecule has 3 N–H and O–H groups in total. The standard InChI is InChI=1S/C56H101NO5/c1-4-7-10-13-16-19-21-23-25-27-28-30-32-34-37-40-43-46-49-56(61)62-52(47-44-41-38-36-33-31-29-26-24-22-20-17-14-11-8-5-2)50-55(60)57-53(51-58)54(59)48-45-42-39-35-18-15-12-9-6-3/h21,23,25-31,33,52-54,58-59H,4-20,22,24,32,34-51H2,1-3H3,(H,57,60)/b23-21+,27-25+,29-26+,30-28+,33-31+. The molecule has 0 aliphatic carbocycles. The molecule has 0 fully saturated rings. The Bertz CT molecular complexity index is 1110. The van der Waals surface area contributed by atoms with Crippen LogP contribution >= 0.6 is 0 Å². The third kappa shape index (κ3) is 44.2. The molecule has 0 spiro atoms. The first-order valence-electron chi connectivity index (χ1n) is 26.6. The molecule has 0 radical (unpaired) electrons. The van der Waals surface area contributed by atoms with Crippen LogP contribution in [-0.2, 0) is 14.3 Å². The van der Waals surface area contributed by atoms with Gasteiger partial charge in [-0.3, -0.25) is 9.59 Å². The van der Waals surface area contributed by atoms with Gasteiger partial charge in [0.05, 0.1) is 25.2 Å². The highest BCUT2D eigenvalue weighted by Crippen LogP contribution is 2.17. The van der Waals surface area contributed by atoms with Crippen LogP contribution < -0.4 is 5.32 Å². The van der Waals surface area contributed by atoms with Gasteiger partial charge in [-0.2, -0.15) is 0 Å². The van der Waals surface area contributed by atoms with Crippen LogP contribution in [0.1, 0.15) is 258 Å². The Labute approximate surface area is 384 Å². The molecule has 3 unspecified atom stereocenters. The first-order valence-corrected chi connectivity index (χ1v) is 26.6. The smallest absolute Gasteiger partial charge is 0.306 e. The second-order valence-electron chi connectivity index (χ2n) is 18.0. The number of amides is 1. The molecule has 0 aliphatic heterocycles. The van der Waals surface area contributed by atoms with E-state index >= 15 is 0 Å². The fraction of sp³-hybridized carbons (Fsp3) is 0.786. The normalized spacial score (nSPS) is 13.7. The highest BCUT2D eigenvalue weighted by Gasteiger charge is 2.24. The lowest BCUT2D eigenvalue weighted by Gasteiger charge is -2.24. The van der Waals surface area contributed by atoms with E-state index in [2.05, 4.69) is 86.8 Å². The number of aliphatic hydroxyl groups is 2. The number of carbonyl (C=O) groups is 2. The molecule has 0 aliphatic rings. The van der Waals surface area contributed by atoms with E-state index in [1.807, 2.05) is 0 Å². The van der Waals surface area contributed by atoms with Crippen LogP contribution in [0.3, 0.4) is 0 Å². The fourth-order valence-electron chi connectivity index (χ4n) is 7.83. The molecule has 62 heavy (non-hydrogen) atoms. The van der Waals surface area contributed by atoms with E-state index in [9.17, 15) is 19.8 Å². The lowest BCUT2D eigenvalue weighted by Crippen LogP contribution is -2.46. The van der Waals surface area contributed by atoms with Crippen molar-refractivity contribution in [3.8, 4) is 0 Å². The van der Waals surface area contributed by atoms with Crippen LogP contribution in [0.2, 0.25) is 0 Å². The number of allylic oxidation sites excluding steroid dienone is 10. The third-order valence-corrected chi connectivity index (χ3v) is 11.9. The number of aliphatic hydroxyl groups excluding tert-OH is 2. The summed E-state index contributed by atoms with van der Waals surface area (Å²) in [5.74, 6) is -0.522. The number of nitrogens with one attached hydrogen (secondary N) is 1. The Kier molecular flexibility index (Phi) is 47.6. The minimum atomic E-state index is -0.799. The zero-order valence-electron chi connectivity index (χ0n) is 41.0. The molecule has 360 valence electrons. The average Bonchev–Trinajstić information content (AvgIpc) is 3.26. The molecular weight excluding hydrogens is 767 g/mol. The first kappa shape index (κ1) is 59.6. The molecule has 0 saturated heterocycles. The summed E-state index contributed by atoms with van der Waals surface area (Å²) in [5.41, 5.74) is 0. The Balaban J connectivity index is 4.66. The van der Waals surface area contributed by atoms with Crippen molar-refractivity contribution in [2.45, 2.75) is 277 Å². The Morgan fingerprint density at radius 2 is 0.823 bits per heavy atom. The summed E-state index contributed by atoms with van der Waals surface area (Å²) in [7, 11) is 0. The SMILES string of the molecule is CCCCCCC/C=C/C=C/C=C/CCCCCCCC(=O)OC(CCCCC/C=C/C=C/CCCCCCCCC)CC(=O)NC(CO)C(O)CCCCCCCCCCC. The van der Waals surface area contributed by atoms with Gasteiger partial charge in [0.1, 0.15) is 6.10 Å². The predicted molar refractivity (Wildman–Crippen MR) is 268 cm³/mol. The van der Waals surface area contributed by atoms with Crippen LogP contribution in [0.15, 0.2) is 60.8 Å². The van der Waals surface area contributed by atoms with E-state index < -0.39 is 18.2 Å². The van der Waals surface area contributed by atoms with Crippen molar-refractivity contribution < 1.29 is 24.5 Å². The highest BCUT2D eigenvalue weighted by atomic mass is 16.5. The lowest BCUT2D eigenvalue weighted by molar-refractivity contribution is -0.151. The van der Waals surface area contributed by atoms with Crippen LogP contribution in [0.5, 0.6) is 0 Å². The minimum Gasteiger partial charge on any atom is -0.462 e. The second-order valence-corrected chi connectivity index (χ2v) is 18.0. The molecule has 1 amide bonds. The van der Waals surface area contributed by atoms with Crippen LogP contribution in [0, 0.1) is 0 Å². The van der Waals surface area contributed by atoms with Crippen molar-refractivity contribution in [1.82, 2.24) is 5.32 Å². The summed E-state index contributed by atoms with van der Waals surface area (Å²) in [6, 6.07) is -0.715. The molecule has 3 atom stereocenters. The summed E-state index contributed by atoms with van der Waals surface area (Å²) in [5, 5.41) is 23.7. The molecule has 0 saturated carbocycles. The molecular formula is C56H101NO5. The monoisotopic (exact) mass is 868 g/mol. The van der Waals surface area contributed by atoms with Crippen molar-refractivity contribution in [2.75, 3.05) is 6.61 Å². The van der Waals surface area contributed by atoms with Gasteiger partial charge in [0.2, 0.25) is 5.91 Å². The lowest BCUT2D eigenvalue weighted by atomic mass is 10.0. The van der Waals surface area contributed by atoms with Gasteiger partial charge < -0.3 is 20.3 Å². The van der Waals surface area contributed by atoms with E-state index in [0.717, 1.165) is 89.9 Å². The van der Waals surface area contributed by atoms with Crippen LogP contribution in [0.4, 0.5) is 0 Å². The zero-order valence-corrected chi connectivity index (χ0v) is 41.0. The number of rotatable bonds is 47. The Hall–Kier alpha value is -2.44. The molecule has 0 bridgehead atoms. The van der Waals surface area contributed by atoms with E-state index in [-0.39, 0.29) is 24.9 Å². The summed E-state index contributed by atoms with van der Waals surface area (Å²) >= 11 is 0. The number of hydrogen-bond donors (Lipinski definition) is 3. The minimum absolute atomic E-state index is 0.0501. The zero-order chi connectivity index (χ0) is 45.2. The maximum Gasteiger partial charge on any atom is 0.306 e. The van der Waals surface area contributed by atoms with Crippen LogP contribution in [0.25, 0.3) is 0 Å². The Morgan fingerprint density at radius 1 is 0.468 bits per heavy atom. The van der Waals surface area contributed by atoms with E-state index in [1.54, 1.807) is 0 Å². The van der Waals surface area contributed by atoms with Crippen molar-refractivity contribution in [3.63, 3.8) is 0 Å². The van der Waals surface area contributed by atoms with Gasteiger partial charge in [-0.05, 0) is 77.0 Å². The average molecular weight is 868 g/mol. The van der Waals surface area contributed by atoms with Gasteiger partial charge in [-0.25, -0.2) is 0 Å². The summed E-state index contributed by atoms with van der Waals surface area (Å²) in [6.07, 6.45) is 61.4. The van der Waals surface area contributed by atoms with Gasteiger partial charge in [0.15, 0.2) is 0 Å². The van der Waals surface area contributed by atoms with Crippen molar-refractivity contribution in [3.05, 3.63) is 60.8 Å². The maximum absolute atomic E-state index is 13.2. The largest absolute Gasteiger partial charge is 0.462 e. The summed E-state index contributed by atoms with van der Waals surface area (Å²) < 4.78 is 5.92. The predicted octanol–water partition coefficient (Wildman–Crippen LogP) is 16.0. The first-order chi connectivity index (χ1) is 30.5. The number of carbonyl (C=O) groups excluding carboxylic acids is 2. The number of hydrogen-bond acceptors (Lipinski definition) is 5. The molecule has 0 aromatic heterocycles. The molecule has 6 nitrogen and oxygen atoms in total. The van der Waals surface area contributed by atoms with Gasteiger partial charge in [0, 0.05) is 6.42 Å². The maximum atomic E-state index is 13.2. The molecule has 0 heterocycles. The van der Waals surface area contributed by atoms with Gasteiger partial charge in [-0.1, -0.05) is 229 Å². The van der Waals surface area contributed by atoms with E-state index in [0.29, 0.717) is 19.3 Å².